The van der Waals surface area contributed by atoms with E-state index >= 15 is 0 Å². The Morgan fingerprint density at radius 2 is 1.85 bits per heavy atom. The van der Waals surface area contributed by atoms with Crippen molar-refractivity contribution in [1.82, 2.24) is 4.98 Å². The highest BCUT2D eigenvalue weighted by molar-refractivity contribution is 6.31. The Hall–Kier alpha value is -1.58. The van der Waals surface area contributed by atoms with Gasteiger partial charge in [0, 0.05) is 18.3 Å². The third-order valence-corrected chi connectivity index (χ3v) is 3.89. The number of halogens is 1. The molecule has 1 N–H and O–H groups in total. The van der Waals surface area contributed by atoms with Gasteiger partial charge in [0.15, 0.2) is 0 Å². The van der Waals surface area contributed by atoms with E-state index in [2.05, 4.69) is 16.8 Å². The van der Waals surface area contributed by atoms with Crippen molar-refractivity contribution < 1.29 is 5.11 Å². The molecule has 2 atom stereocenters. The minimum Gasteiger partial charge on any atom is -0.389 e. The van der Waals surface area contributed by atoms with E-state index < -0.39 is 6.10 Å². The van der Waals surface area contributed by atoms with Crippen molar-refractivity contribution in [1.29, 1.82) is 0 Å². The van der Waals surface area contributed by atoms with Crippen LogP contribution in [0.3, 0.4) is 0 Å². The summed E-state index contributed by atoms with van der Waals surface area (Å²) in [5.41, 5.74) is 1.88. The Kier molecular flexibility index (Phi) is 4.63. The van der Waals surface area contributed by atoms with Crippen LogP contribution in [0.4, 0.5) is 5.82 Å². The summed E-state index contributed by atoms with van der Waals surface area (Å²) in [7, 11) is 1.98. The first-order valence-corrected chi connectivity index (χ1v) is 6.99. The van der Waals surface area contributed by atoms with Crippen LogP contribution in [0.2, 0.25) is 5.02 Å². The van der Waals surface area contributed by atoms with E-state index in [1.54, 1.807) is 13.1 Å². The van der Waals surface area contributed by atoms with Crippen LogP contribution in [0.25, 0.3) is 0 Å². The second kappa shape index (κ2) is 6.25. The first kappa shape index (κ1) is 14.8. The molecule has 2 rings (SSSR count). The second-order valence-corrected chi connectivity index (χ2v) is 5.34. The standard InChI is InChI=1S/C16H19ClN2O/c1-11(14-6-4-5-7-15(14)17)19(3)16-9-8-13(10-18-16)12(2)20/h4-12,20H,1-3H3. The van der Waals surface area contributed by atoms with Gasteiger partial charge in [-0.15, -0.1) is 0 Å². The van der Waals surface area contributed by atoms with Gasteiger partial charge in [0.1, 0.15) is 5.82 Å². The molecule has 0 saturated heterocycles. The van der Waals surface area contributed by atoms with Gasteiger partial charge in [0.25, 0.3) is 0 Å². The smallest absolute Gasteiger partial charge is 0.128 e. The van der Waals surface area contributed by atoms with Crippen molar-refractivity contribution in [3.05, 3.63) is 58.7 Å². The summed E-state index contributed by atoms with van der Waals surface area (Å²) >= 11 is 6.24. The first-order valence-electron chi connectivity index (χ1n) is 6.62. The Labute approximate surface area is 124 Å². The molecule has 1 heterocycles. The summed E-state index contributed by atoms with van der Waals surface area (Å²) in [5.74, 6) is 0.849. The monoisotopic (exact) mass is 290 g/mol. The zero-order chi connectivity index (χ0) is 14.7. The van der Waals surface area contributed by atoms with Crippen LogP contribution < -0.4 is 4.90 Å². The Morgan fingerprint density at radius 1 is 1.15 bits per heavy atom. The predicted octanol–water partition coefficient (Wildman–Crippen LogP) is 3.99. The van der Waals surface area contributed by atoms with Crippen molar-refractivity contribution in [3.8, 4) is 0 Å². The number of hydrogen-bond acceptors (Lipinski definition) is 3. The average Bonchev–Trinajstić information content (AvgIpc) is 2.46. The lowest BCUT2D eigenvalue weighted by Crippen LogP contribution is -2.22. The minimum absolute atomic E-state index is 0.119. The molecule has 3 nitrogen and oxygen atoms in total. The molecule has 0 spiro atoms. The summed E-state index contributed by atoms with van der Waals surface area (Å²) in [6.45, 7) is 3.82. The number of benzene rings is 1. The summed E-state index contributed by atoms with van der Waals surface area (Å²) in [6, 6.07) is 11.7. The topological polar surface area (TPSA) is 36.4 Å². The fourth-order valence-corrected chi connectivity index (χ4v) is 2.37. The molecule has 1 aromatic carbocycles. The van der Waals surface area contributed by atoms with Crippen molar-refractivity contribution >= 4 is 17.4 Å². The van der Waals surface area contributed by atoms with Crippen LogP contribution in [0.15, 0.2) is 42.6 Å². The summed E-state index contributed by atoms with van der Waals surface area (Å²) < 4.78 is 0. The number of pyridine rings is 1. The zero-order valence-electron chi connectivity index (χ0n) is 11.9. The van der Waals surface area contributed by atoms with E-state index in [1.807, 2.05) is 43.4 Å². The van der Waals surface area contributed by atoms with E-state index in [0.29, 0.717) is 0 Å². The van der Waals surface area contributed by atoms with Gasteiger partial charge in [0.2, 0.25) is 0 Å². The molecule has 2 aromatic rings. The van der Waals surface area contributed by atoms with Gasteiger partial charge in [-0.3, -0.25) is 0 Å². The van der Waals surface area contributed by atoms with Gasteiger partial charge < -0.3 is 10.0 Å². The molecule has 20 heavy (non-hydrogen) atoms. The number of hydrogen-bond donors (Lipinski definition) is 1. The number of aromatic nitrogens is 1. The number of rotatable bonds is 4. The Morgan fingerprint density at radius 3 is 2.40 bits per heavy atom. The maximum absolute atomic E-state index is 9.51. The third-order valence-electron chi connectivity index (χ3n) is 3.55. The van der Waals surface area contributed by atoms with Gasteiger partial charge in [-0.05, 0) is 37.1 Å². The van der Waals surface area contributed by atoms with E-state index in [-0.39, 0.29) is 6.04 Å². The molecule has 0 amide bonds. The highest BCUT2D eigenvalue weighted by Crippen LogP contribution is 2.29. The highest BCUT2D eigenvalue weighted by atomic mass is 35.5. The van der Waals surface area contributed by atoms with Crippen molar-refractivity contribution in [2.24, 2.45) is 0 Å². The van der Waals surface area contributed by atoms with Crippen LogP contribution in [0.1, 0.15) is 37.1 Å². The first-order chi connectivity index (χ1) is 9.50. The highest BCUT2D eigenvalue weighted by Gasteiger charge is 2.16. The molecule has 0 bridgehead atoms. The number of nitrogens with zero attached hydrogens (tertiary/aromatic N) is 2. The van der Waals surface area contributed by atoms with E-state index in [0.717, 1.165) is 22.0 Å². The molecule has 0 aliphatic rings. The quantitative estimate of drug-likeness (QED) is 0.925. The largest absolute Gasteiger partial charge is 0.389 e. The van der Waals surface area contributed by atoms with E-state index in [9.17, 15) is 5.11 Å². The number of aliphatic hydroxyl groups excluding tert-OH is 1. The zero-order valence-corrected chi connectivity index (χ0v) is 12.7. The predicted molar refractivity (Wildman–Crippen MR) is 83.1 cm³/mol. The number of anilines is 1. The molecule has 0 aliphatic heterocycles. The van der Waals surface area contributed by atoms with Gasteiger partial charge in [-0.1, -0.05) is 35.9 Å². The normalized spacial score (nSPS) is 13.8. The lowest BCUT2D eigenvalue weighted by molar-refractivity contribution is 0.199. The molecule has 4 heteroatoms. The molecule has 0 fully saturated rings. The minimum atomic E-state index is -0.497. The van der Waals surface area contributed by atoms with Crippen molar-refractivity contribution in [3.63, 3.8) is 0 Å². The molecular weight excluding hydrogens is 272 g/mol. The summed E-state index contributed by atoms with van der Waals surface area (Å²) in [6.07, 6.45) is 1.21. The second-order valence-electron chi connectivity index (χ2n) is 4.93. The van der Waals surface area contributed by atoms with Crippen LogP contribution >= 0.6 is 11.6 Å². The molecular formula is C16H19ClN2O. The Bertz CT molecular complexity index is 569. The third kappa shape index (κ3) is 3.11. The molecule has 1 aromatic heterocycles. The SMILES string of the molecule is CC(O)c1ccc(N(C)C(C)c2ccccc2Cl)nc1. The molecule has 0 radical (unpaired) electrons. The lowest BCUT2D eigenvalue weighted by Gasteiger charge is -2.27. The Balaban J connectivity index is 2.22. The average molecular weight is 291 g/mol. The summed E-state index contributed by atoms with van der Waals surface area (Å²) in [4.78, 5) is 6.46. The number of aliphatic hydroxyl groups is 1. The van der Waals surface area contributed by atoms with Crippen LogP contribution in [0, 0.1) is 0 Å². The van der Waals surface area contributed by atoms with Crippen LogP contribution in [-0.4, -0.2) is 17.1 Å². The van der Waals surface area contributed by atoms with Gasteiger partial charge >= 0.3 is 0 Å². The maximum Gasteiger partial charge on any atom is 0.128 e. The maximum atomic E-state index is 9.51. The van der Waals surface area contributed by atoms with Gasteiger partial charge in [-0.25, -0.2) is 4.98 Å². The fraction of sp³-hybridized carbons (Fsp3) is 0.312. The molecule has 106 valence electrons. The van der Waals surface area contributed by atoms with Crippen LogP contribution in [-0.2, 0) is 0 Å². The van der Waals surface area contributed by atoms with E-state index in [4.69, 9.17) is 11.6 Å². The summed E-state index contributed by atoms with van der Waals surface area (Å²) in [5, 5.41) is 10.3. The van der Waals surface area contributed by atoms with E-state index in [1.165, 1.54) is 0 Å². The van der Waals surface area contributed by atoms with Crippen molar-refractivity contribution in [2.75, 3.05) is 11.9 Å². The van der Waals surface area contributed by atoms with Crippen molar-refractivity contribution in [2.45, 2.75) is 26.0 Å². The molecule has 0 aliphatic carbocycles. The van der Waals surface area contributed by atoms with Gasteiger partial charge in [-0.2, -0.15) is 0 Å². The molecule has 2 unspecified atom stereocenters. The fourth-order valence-electron chi connectivity index (χ4n) is 2.07. The lowest BCUT2D eigenvalue weighted by atomic mass is 10.1. The van der Waals surface area contributed by atoms with Crippen LogP contribution in [0.5, 0.6) is 0 Å². The molecule has 0 saturated carbocycles. The van der Waals surface area contributed by atoms with Gasteiger partial charge in [0.05, 0.1) is 12.1 Å².